The van der Waals surface area contributed by atoms with Crippen molar-refractivity contribution >= 4 is 22.8 Å². The topological polar surface area (TPSA) is 104 Å². The van der Waals surface area contributed by atoms with Gasteiger partial charge in [-0.1, -0.05) is 12.8 Å². The lowest BCUT2D eigenvalue weighted by Gasteiger charge is -2.16. The highest BCUT2D eigenvalue weighted by Gasteiger charge is 2.15. The normalized spacial score (nSPS) is 14.5. The summed E-state index contributed by atoms with van der Waals surface area (Å²) in [5.74, 6) is -0.624. The number of aromatic nitrogens is 2. The summed E-state index contributed by atoms with van der Waals surface area (Å²) in [6.45, 7) is 0.205. The van der Waals surface area contributed by atoms with Crippen LogP contribution in [-0.4, -0.2) is 28.0 Å². The molecule has 0 bridgehead atoms. The largest absolute Gasteiger partial charge is 0.452 e. The molecule has 126 valence electrons. The molecule has 0 unspecified atom stereocenters. The monoisotopic (exact) mass is 329 g/mol. The van der Waals surface area contributed by atoms with Crippen molar-refractivity contribution < 1.29 is 14.3 Å². The number of hydrogen-bond acceptors (Lipinski definition) is 5. The minimum absolute atomic E-state index is 0.0750. The molecule has 0 saturated heterocycles. The van der Waals surface area contributed by atoms with Crippen LogP contribution in [0.5, 0.6) is 0 Å². The number of fused-ring (bicyclic) bond motifs is 2. The second-order valence-electron chi connectivity index (χ2n) is 5.92. The SMILES string of the molecule is NC(=O)COC(=O)c1ccc2c(=O)n3c(nc2c1)CCCCCC3. The van der Waals surface area contributed by atoms with E-state index in [0.717, 1.165) is 37.9 Å². The molecule has 7 heteroatoms. The summed E-state index contributed by atoms with van der Waals surface area (Å²) in [7, 11) is 0. The minimum atomic E-state index is -0.720. The Balaban J connectivity index is 2.00. The van der Waals surface area contributed by atoms with Crippen LogP contribution in [0.4, 0.5) is 0 Å². The third kappa shape index (κ3) is 3.29. The summed E-state index contributed by atoms with van der Waals surface area (Å²) in [4.78, 5) is 39.9. The number of ether oxygens (including phenoxy) is 1. The molecule has 1 aromatic heterocycles. The van der Waals surface area contributed by atoms with Gasteiger partial charge in [-0.3, -0.25) is 14.2 Å². The number of amides is 1. The molecular weight excluding hydrogens is 310 g/mol. The second kappa shape index (κ2) is 6.82. The van der Waals surface area contributed by atoms with E-state index in [0.29, 0.717) is 17.4 Å². The van der Waals surface area contributed by atoms with Crippen molar-refractivity contribution in [3.63, 3.8) is 0 Å². The summed E-state index contributed by atoms with van der Waals surface area (Å²) in [6, 6.07) is 4.61. The Morgan fingerprint density at radius 2 is 2.00 bits per heavy atom. The fourth-order valence-electron chi connectivity index (χ4n) is 2.94. The highest BCUT2D eigenvalue weighted by molar-refractivity contribution is 5.95. The first-order valence-electron chi connectivity index (χ1n) is 8.05. The molecule has 0 radical (unpaired) electrons. The predicted octanol–water partition coefficient (Wildman–Crippen LogP) is 1.16. The number of hydrogen-bond donors (Lipinski definition) is 1. The zero-order chi connectivity index (χ0) is 17.1. The number of benzene rings is 1. The van der Waals surface area contributed by atoms with E-state index in [1.54, 1.807) is 10.6 Å². The number of carbonyl (C=O) groups is 2. The first-order chi connectivity index (χ1) is 11.6. The number of nitrogens with two attached hydrogens (primary N) is 1. The molecule has 24 heavy (non-hydrogen) atoms. The highest BCUT2D eigenvalue weighted by atomic mass is 16.5. The molecule has 0 atom stereocenters. The standard InChI is InChI=1S/C17H19N3O4/c18-14(21)10-24-17(23)11-6-7-12-13(9-11)19-15-5-3-1-2-4-8-20(15)16(12)22/h6-7,9H,1-5,8,10H2,(H2,18,21). The number of primary amides is 1. The maximum atomic E-state index is 12.7. The molecule has 1 aliphatic rings. The van der Waals surface area contributed by atoms with Gasteiger partial charge >= 0.3 is 5.97 Å². The Morgan fingerprint density at radius 1 is 1.21 bits per heavy atom. The maximum Gasteiger partial charge on any atom is 0.338 e. The molecule has 0 spiro atoms. The van der Waals surface area contributed by atoms with Crippen molar-refractivity contribution in [2.45, 2.75) is 38.6 Å². The molecule has 3 rings (SSSR count). The molecule has 1 aliphatic heterocycles. The number of rotatable bonds is 3. The van der Waals surface area contributed by atoms with E-state index in [2.05, 4.69) is 4.98 Å². The van der Waals surface area contributed by atoms with E-state index in [4.69, 9.17) is 10.5 Å². The van der Waals surface area contributed by atoms with Gasteiger partial charge in [0, 0.05) is 13.0 Å². The molecular formula is C17H19N3O4. The summed E-state index contributed by atoms with van der Waals surface area (Å²) in [5, 5.41) is 0.478. The second-order valence-corrected chi connectivity index (χ2v) is 5.92. The number of carbonyl (C=O) groups excluding carboxylic acids is 2. The third-order valence-corrected chi connectivity index (χ3v) is 4.15. The van der Waals surface area contributed by atoms with Crippen molar-refractivity contribution in [3.8, 4) is 0 Å². The van der Waals surface area contributed by atoms with E-state index in [9.17, 15) is 14.4 Å². The molecule has 2 heterocycles. The summed E-state index contributed by atoms with van der Waals surface area (Å²) >= 11 is 0. The van der Waals surface area contributed by atoms with E-state index < -0.39 is 18.5 Å². The van der Waals surface area contributed by atoms with Gasteiger partial charge in [0.25, 0.3) is 11.5 Å². The Kier molecular flexibility index (Phi) is 4.59. The van der Waals surface area contributed by atoms with Gasteiger partial charge in [-0.05, 0) is 31.0 Å². The summed E-state index contributed by atoms with van der Waals surface area (Å²) in [6.07, 6.45) is 4.97. The lowest BCUT2D eigenvalue weighted by Crippen LogP contribution is -2.26. The van der Waals surface area contributed by atoms with Crippen molar-refractivity contribution in [2.24, 2.45) is 5.73 Å². The smallest absolute Gasteiger partial charge is 0.338 e. The Morgan fingerprint density at radius 3 is 2.79 bits per heavy atom. The van der Waals surface area contributed by atoms with E-state index in [-0.39, 0.29) is 11.1 Å². The third-order valence-electron chi connectivity index (χ3n) is 4.15. The molecule has 2 aromatic rings. The van der Waals surface area contributed by atoms with Crippen LogP contribution in [0.25, 0.3) is 10.9 Å². The van der Waals surface area contributed by atoms with Gasteiger partial charge in [0.15, 0.2) is 6.61 Å². The quantitative estimate of drug-likeness (QED) is 0.851. The Hall–Kier alpha value is -2.70. The average Bonchev–Trinajstić information content (AvgIpc) is 2.54. The fourth-order valence-corrected chi connectivity index (χ4v) is 2.94. The zero-order valence-electron chi connectivity index (χ0n) is 13.3. The lowest BCUT2D eigenvalue weighted by atomic mass is 10.1. The summed E-state index contributed by atoms with van der Waals surface area (Å²) in [5.41, 5.74) is 5.60. The first-order valence-corrected chi connectivity index (χ1v) is 8.05. The fraction of sp³-hybridized carbons (Fsp3) is 0.412. The van der Waals surface area contributed by atoms with Crippen molar-refractivity contribution in [3.05, 3.63) is 39.9 Å². The minimum Gasteiger partial charge on any atom is -0.452 e. The van der Waals surface area contributed by atoms with Gasteiger partial charge in [0.2, 0.25) is 0 Å². The van der Waals surface area contributed by atoms with Crippen LogP contribution in [0.2, 0.25) is 0 Å². The van der Waals surface area contributed by atoms with Gasteiger partial charge in [-0.15, -0.1) is 0 Å². The van der Waals surface area contributed by atoms with Crippen LogP contribution >= 0.6 is 0 Å². The Labute approximate surface area is 138 Å². The molecule has 1 aromatic carbocycles. The van der Waals surface area contributed by atoms with Gasteiger partial charge in [-0.2, -0.15) is 0 Å². The van der Waals surface area contributed by atoms with Gasteiger partial charge in [0.05, 0.1) is 16.5 Å². The van der Waals surface area contributed by atoms with Crippen LogP contribution < -0.4 is 11.3 Å². The molecule has 0 fully saturated rings. The molecule has 0 saturated carbocycles. The number of aryl methyl sites for hydroxylation is 1. The van der Waals surface area contributed by atoms with Crippen LogP contribution in [0.1, 0.15) is 41.9 Å². The first kappa shape index (κ1) is 16.2. The van der Waals surface area contributed by atoms with Gasteiger partial charge in [-0.25, -0.2) is 9.78 Å². The van der Waals surface area contributed by atoms with Crippen molar-refractivity contribution in [1.82, 2.24) is 9.55 Å². The van der Waals surface area contributed by atoms with Crippen LogP contribution in [0.15, 0.2) is 23.0 Å². The average molecular weight is 329 g/mol. The zero-order valence-corrected chi connectivity index (χ0v) is 13.3. The molecule has 1 amide bonds. The van der Waals surface area contributed by atoms with Crippen molar-refractivity contribution in [1.29, 1.82) is 0 Å². The highest BCUT2D eigenvalue weighted by Crippen LogP contribution is 2.16. The van der Waals surface area contributed by atoms with Crippen LogP contribution in [0.3, 0.4) is 0 Å². The van der Waals surface area contributed by atoms with Crippen LogP contribution in [-0.2, 0) is 22.5 Å². The lowest BCUT2D eigenvalue weighted by molar-refractivity contribution is -0.121. The molecule has 2 N–H and O–H groups in total. The van der Waals surface area contributed by atoms with Crippen LogP contribution in [0, 0.1) is 0 Å². The van der Waals surface area contributed by atoms with E-state index in [1.165, 1.54) is 12.1 Å². The van der Waals surface area contributed by atoms with E-state index >= 15 is 0 Å². The van der Waals surface area contributed by atoms with E-state index in [1.807, 2.05) is 0 Å². The van der Waals surface area contributed by atoms with Crippen molar-refractivity contribution in [2.75, 3.05) is 6.61 Å². The molecule has 0 aliphatic carbocycles. The Bertz CT molecular complexity index is 857. The molecule has 7 nitrogen and oxygen atoms in total. The number of esters is 1. The van der Waals surface area contributed by atoms with Gasteiger partial charge in [0.1, 0.15) is 5.82 Å². The predicted molar refractivity (Wildman–Crippen MR) is 87.7 cm³/mol. The number of nitrogens with zero attached hydrogens (tertiary/aromatic N) is 2. The summed E-state index contributed by atoms with van der Waals surface area (Å²) < 4.78 is 6.54. The van der Waals surface area contributed by atoms with Gasteiger partial charge < -0.3 is 10.5 Å². The maximum absolute atomic E-state index is 12.7.